The van der Waals surface area contributed by atoms with E-state index in [4.69, 9.17) is 10.5 Å². The molecule has 0 saturated heterocycles. The van der Waals surface area contributed by atoms with Gasteiger partial charge in [0.05, 0.1) is 39.1 Å². The number of ether oxygens (including phenoxy) is 3. The third-order valence-corrected chi connectivity index (χ3v) is 3.21. The molecule has 0 bridgehead atoms. The maximum Gasteiger partial charge on any atom is 0.360 e. The topological polar surface area (TPSA) is 106 Å². The molecule has 0 radical (unpaired) electrons. The smallest absolute Gasteiger partial charge is 0.360 e. The minimum absolute atomic E-state index is 0.0534. The molecule has 8 heteroatoms. The van der Waals surface area contributed by atoms with E-state index in [1.807, 2.05) is 0 Å². The average molecular weight is 319 g/mol. The zero-order valence-electron chi connectivity index (χ0n) is 13.0. The first-order valence-electron chi connectivity index (χ1n) is 6.66. The van der Waals surface area contributed by atoms with Crippen LogP contribution in [0.1, 0.15) is 26.4 Å². The number of carbonyl (C=O) groups is 2. The number of esters is 2. The predicted molar refractivity (Wildman–Crippen MR) is 81.4 cm³/mol. The lowest BCUT2D eigenvalue weighted by molar-refractivity contribution is 0.0587. The molecule has 1 aromatic carbocycles. The minimum Gasteiger partial charge on any atom is -0.496 e. The van der Waals surface area contributed by atoms with E-state index in [0.717, 1.165) is 5.56 Å². The van der Waals surface area contributed by atoms with Crippen LogP contribution in [0.15, 0.2) is 24.4 Å². The van der Waals surface area contributed by atoms with Crippen LogP contribution < -0.4 is 10.5 Å². The summed E-state index contributed by atoms with van der Waals surface area (Å²) in [5, 5.41) is 4.09. The number of anilines is 1. The summed E-state index contributed by atoms with van der Waals surface area (Å²) in [7, 11) is 4.07. The molecular weight excluding hydrogens is 302 g/mol. The molecule has 0 saturated carbocycles. The summed E-state index contributed by atoms with van der Waals surface area (Å²) in [6.45, 7) is 0.311. The van der Waals surface area contributed by atoms with E-state index in [0.29, 0.717) is 17.9 Å². The Morgan fingerprint density at radius 3 is 2.48 bits per heavy atom. The molecule has 122 valence electrons. The molecule has 0 spiro atoms. The number of nitrogens with two attached hydrogens (primary N) is 1. The molecule has 1 aromatic heterocycles. The number of hydrogen-bond acceptors (Lipinski definition) is 7. The average Bonchev–Trinajstić information content (AvgIpc) is 2.94. The van der Waals surface area contributed by atoms with Gasteiger partial charge < -0.3 is 19.9 Å². The van der Waals surface area contributed by atoms with Crippen LogP contribution in [0, 0.1) is 0 Å². The molecule has 2 rings (SSSR count). The van der Waals surface area contributed by atoms with Crippen molar-refractivity contribution in [1.82, 2.24) is 9.78 Å². The van der Waals surface area contributed by atoms with Crippen molar-refractivity contribution in [3.05, 3.63) is 41.2 Å². The van der Waals surface area contributed by atoms with Gasteiger partial charge in [-0.25, -0.2) is 9.59 Å². The Bertz CT molecular complexity index is 739. The number of hydrogen-bond donors (Lipinski definition) is 1. The fourth-order valence-corrected chi connectivity index (χ4v) is 2.07. The van der Waals surface area contributed by atoms with Gasteiger partial charge in [-0.3, -0.25) is 4.68 Å². The Hall–Kier alpha value is -3.03. The van der Waals surface area contributed by atoms with E-state index >= 15 is 0 Å². The first-order valence-corrected chi connectivity index (χ1v) is 6.66. The van der Waals surface area contributed by atoms with Crippen molar-refractivity contribution in [2.45, 2.75) is 6.54 Å². The molecule has 8 nitrogen and oxygen atoms in total. The maximum atomic E-state index is 11.5. The predicted octanol–water partition coefficient (Wildman–Crippen LogP) is 1.10. The van der Waals surface area contributed by atoms with Crippen LogP contribution in [0.25, 0.3) is 0 Å². The SMILES string of the molecule is COC(=O)c1ccc(Cn2cc(N)c(C(=O)OC)n2)c(OC)c1. The Kier molecular flexibility index (Phi) is 4.85. The van der Waals surface area contributed by atoms with Crippen molar-refractivity contribution < 1.29 is 23.8 Å². The summed E-state index contributed by atoms with van der Waals surface area (Å²) >= 11 is 0. The van der Waals surface area contributed by atoms with Crippen molar-refractivity contribution in [3.8, 4) is 5.75 Å². The summed E-state index contributed by atoms with van der Waals surface area (Å²) < 4.78 is 16.1. The van der Waals surface area contributed by atoms with Crippen molar-refractivity contribution in [2.75, 3.05) is 27.1 Å². The highest BCUT2D eigenvalue weighted by Crippen LogP contribution is 2.22. The van der Waals surface area contributed by atoms with Crippen molar-refractivity contribution in [2.24, 2.45) is 0 Å². The fraction of sp³-hybridized carbons (Fsp3) is 0.267. The zero-order chi connectivity index (χ0) is 17.0. The van der Waals surface area contributed by atoms with Crippen LogP contribution in [-0.2, 0) is 16.0 Å². The van der Waals surface area contributed by atoms with E-state index in [2.05, 4.69) is 14.6 Å². The quantitative estimate of drug-likeness (QED) is 0.822. The zero-order valence-corrected chi connectivity index (χ0v) is 13.0. The number of methoxy groups -OCH3 is 3. The van der Waals surface area contributed by atoms with Crippen LogP contribution in [0.2, 0.25) is 0 Å². The molecule has 0 aliphatic carbocycles. The molecular formula is C15H17N3O5. The van der Waals surface area contributed by atoms with Gasteiger partial charge in [0.2, 0.25) is 0 Å². The molecule has 0 amide bonds. The molecule has 0 aliphatic heterocycles. The fourth-order valence-electron chi connectivity index (χ4n) is 2.07. The number of aromatic nitrogens is 2. The van der Waals surface area contributed by atoms with E-state index in [-0.39, 0.29) is 11.4 Å². The van der Waals surface area contributed by atoms with E-state index in [1.165, 1.54) is 32.2 Å². The molecule has 0 aliphatic rings. The Morgan fingerprint density at radius 2 is 1.87 bits per heavy atom. The summed E-state index contributed by atoms with van der Waals surface area (Å²) in [4.78, 5) is 23.1. The Morgan fingerprint density at radius 1 is 1.17 bits per heavy atom. The molecule has 0 unspecified atom stereocenters. The van der Waals surface area contributed by atoms with Gasteiger partial charge in [0.1, 0.15) is 5.75 Å². The second kappa shape index (κ2) is 6.82. The number of rotatable bonds is 5. The summed E-state index contributed by atoms with van der Waals surface area (Å²) in [5.74, 6) is -0.554. The van der Waals surface area contributed by atoms with Gasteiger partial charge in [0.15, 0.2) is 5.69 Å². The van der Waals surface area contributed by atoms with Gasteiger partial charge in [-0.1, -0.05) is 6.07 Å². The van der Waals surface area contributed by atoms with Gasteiger partial charge in [-0.2, -0.15) is 5.10 Å². The highest BCUT2D eigenvalue weighted by molar-refractivity contribution is 5.92. The third-order valence-electron chi connectivity index (χ3n) is 3.21. The Labute approximate surface area is 132 Å². The van der Waals surface area contributed by atoms with Crippen LogP contribution in [-0.4, -0.2) is 43.0 Å². The normalized spacial score (nSPS) is 10.2. The molecule has 2 aromatic rings. The van der Waals surface area contributed by atoms with Crippen molar-refractivity contribution >= 4 is 17.6 Å². The van der Waals surface area contributed by atoms with Crippen LogP contribution in [0.4, 0.5) is 5.69 Å². The number of nitrogen functional groups attached to an aromatic ring is 1. The van der Waals surface area contributed by atoms with Gasteiger partial charge in [-0.15, -0.1) is 0 Å². The summed E-state index contributed by atoms with van der Waals surface area (Å²) in [6, 6.07) is 4.92. The van der Waals surface area contributed by atoms with Gasteiger partial charge in [0, 0.05) is 11.8 Å². The van der Waals surface area contributed by atoms with Crippen LogP contribution in [0.3, 0.4) is 0 Å². The van der Waals surface area contributed by atoms with Gasteiger partial charge in [-0.05, 0) is 12.1 Å². The summed E-state index contributed by atoms with van der Waals surface area (Å²) in [6.07, 6.45) is 1.53. The van der Waals surface area contributed by atoms with E-state index < -0.39 is 11.9 Å². The van der Waals surface area contributed by atoms with Gasteiger partial charge >= 0.3 is 11.9 Å². The number of benzene rings is 1. The molecule has 0 atom stereocenters. The van der Waals surface area contributed by atoms with E-state index in [1.54, 1.807) is 18.2 Å². The first-order chi connectivity index (χ1) is 11.0. The standard InChI is InChI=1S/C15H17N3O5/c1-21-12-6-9(14(19)22-2)4-5-10(12)7-18-8-11(16)13(17-18)15(20)23-3/h4-6,8H,7,16H2,1-3H3. The second-order valence-corrected chi connectivity index (χ2v) is 4.64. The largest absolute Gasteiger partial charge is 0.496 e. The molecule has 2 N–H and O–H groups in total. The van der Waals surface area contributed by atoms with Crippen LogP contribution in [0.5, 0.6) is 5.75 Å². The lowest BCUT2D eigenvalue weighted by atomic mass is 10.1. The van der Waals surface area contributed by atoms with Crippen molar-refractivity contribution in [1.29, 1.82) is 0 Å². The number of nitrogens with zero attached hydrogens (tertiary/aromatic N) is 2. The second-order valence-electron chi connectivity index (χ2n) is 4.64. The molecule has 23 heavy (non-hydrogen) atoms. The lowest BCUT2D eigenvalue weighted by Gasteiger charge is -2.10. The van der Waals surface area contributed by atoms with Crippen molar-refractivity contribution in [3.63, 3.8) is 0 Å². The van der Waals surface area contributed by atoms with E-state index in [9.17, 15) is 9.59 Å². The molecule has 0 fully saturated rings. The third kappa shape index (κ3) is 3.42. The number of carbonyl (C=O) groups excluding carboxylic acids is 2. The highest BCUT2D eigenvalue weighted by atomic mass is 16.5. The minimum atomic E-state index is -0.603. The lowest BCUT2D eigenvalue weighted by Crippen LogP contribution is -2.08. The highest BCUT2D eigenvalue weighted by Gasteiger charge is 2.16. The molecule has 1 heterocycles. The summed E-state index contributed by atoms with van der Waals surface area (Å²) in [5.41, 5.74) is 7.17. The maximum absolute atomic E-state index is 11.5. The monoisotopic (exact) mass is 319 g/mol. The van der Waals surface area contributed by atoms with Crippen LogP contribution >= 0.6 is 0 Å². The first kappa shape index (κ1) is 16.3. The Balaban J connectivity index is 2.29. The van der Waals surface area contributed by atoms with Gasteiger partial charge in [0.25, 0.3) is 0 Å².